The number of ether oxygens (including phenoxy) is 3. The van der Waals surface area contributed by atoms with Gasteiger partial charge in [-0.3, -0.25) is 9.59 Å². The van der Waals surface area contributed by atoms with Crippen LogP contribution in [0.25, 0.3) is 0 Å². The van der Waals surface area contributed by atoms with Crippen molar-refractivity contribution in [2.45, 2.75) is 25.5 Å². The average Bonchev–Trinajstić information content (AvgIpc) is 3.24. The van der Waals surface area contributed by atoms with Crippen LogP contribution in [0.5, 0.6) is 11.5 Å². The summed E-state index contributed by atoms with van der Waals surface area (Å²) in [6.07, 6.45) is 1.24. The Morgan fingerprint density at radius 3 is 2.58 bits per heavy atom. The number of carbonyl (C=O) groups is 3. The van der Waals surface area contributed by atoms with E-state index in [2.05, 4.69) is 10.6 Å². The van der Waals surface area contributed by atoms with E-state index in [0.29, 0.717) is 34.9 Å². The summed E-state index contributed by atoms with van der Waals surface area (Å²) in [7, 11) is 0. The lowest BCUT2D eigenvalue weighted by Gasteiger charge is -2.20. The van der Waals surface area contributed by atoms with Crippen molar-refractivity contribution in [3.63, 3.8) is 0 Å². The van der Waals surface area contributed by atoms with Crippen molar-refractivity contribution >= 4 is 35.2 Å². The molecule has 0 saturated heterocycles. The molecule has 164 valence electrons. The number of thioether (sulfide) groups is 1. The van der Waals surface area contributed by atoms with Crippen LogP contribution in [-0.2, 0) is 14.3 Å². The lowest BCUT2D eigenvalue weighted by molar-refractivity contribution is -0.155. The first-order chi connectivity index (χ1) is 15.0. The highest BCUT2D eigenvalue weighted by Gasteiger charge is 2.27. The third kappa shape index (κ3) is 6.14. The van der Waals surface area contributed by atoms with E-state index in [0.717, 1.165) is 0 Å². The molecule has 1 aliphatic heterocycles. The third-order valence-electron chi connectivity index (χ3n) is 4.54. The number of fused-ring (bicyclic) bond motifs is 1. The van der Waals surface area contributed by atoms with E-state index in [1.54, 1.807) is 60.3 Å². The van der Waals surface area contributed by atoms with Gasteiger partial charge in [0, 0.05) is 17.3 Å². The Hall–Kier alpha value is -3.20. The molecular formula is C22H24N2O6S. The summed E-state index contributed by atoms with van der Waals surface area (Å²) in [5.74, 6) is 0.247. The second-order valence-electron chi connectivity index (χ2n) is 6.81. The van der Waals surface area contributed by atoms with Crippen LogP contribution in [0.4, 0.5) is 5.69 Å². The zero-order valence-electron chi connectivity index (χ0n) is 17.3. The molecule has 0 aliphatic carbocycles. The normalized spacial score (nSPS) is 13.7. The van der Waals surface area contributed by atoms with Crippen molar-refractivity contribution in [2.75, 3.05) is 24.1 Å². The molecule has 2 atom stereocenters. The van der Waals surface area contributed by atoms with Crippen LogP contribution in [0.1, 0.15) is 23.7 Å². The number of amides is 2. The predicted molar refractivity (Wildman–Crippen MR) is 117 cm³/mol. The van der Waals surface area contributed by atoms with Gasteiger partial charge in [-0.15, -0.1) is 0 Å². The summed E-state index contributed by atoms with van der Waals surface area (Å²) in [6, 6.07) is 12.7. The van der Waals surface area contributed by atoms with Crippen molar-refractivity contribution in [1.82, 2.24) is 5.32 Å². The number of anilines is 1. The van der Waals surface area contributed by atoms with Crippen molar-refractivity contribution in [3.8, 4) is 11.5 Å². The fraction of sp³-hybridized carbons (Fsp3) is 0.318. The Labute approximate surface area is 184 Å². The first kappa shape index (κ1) is 22.5. The molecule has 1 aliphatic rings. The maximum absolute atomic E-state index is 12.7. The zero-order chi connectivity index (χ0) is 22.2. The molecule has 9 heteroatoms. The van der Waals surface area contributed by atoms with Gasteiger partial charge in [-0.05, 0) is 49.6 Å². The molecule has 2 aromatic rings. The molecule has 0 bridgehead atoms. The molecule has 0 saturated carbocycles. The number of benzene rings is 2. The topological polar surface area (TPSA) is 103 Å². The highest BCUT2D eigenvalue weighted by Crippen LogP contribution is 2.34. The number of esters is 1. The SMILES string of the molecule is CSCCC(NC(=O)c1ccccc1)C(=O)OC(C)C(=O)Nc1ccc2c(c1)OCO2. The molecule has 2 amide bonds. The molecule has 2 unspecified atom stereocenters. The van der Waals surface area contributed by atoms with Gasteiger partial charge in [0.05, 0.1) is 0 Å². The average molecular weight is 445 g/mol. The second-order valence-corrected chi connectivity index (χ2v) is 7.80. The lowest BCUT2D eigenvalue weighted by atomic mass is 10.1. The van der Waals surface area contributed by atoms with Gasteiger partial charge in [0.2, 0.25) is 6.79 Å². The van der Waals surface area contributed by atoms with Crippen molar-refractivity contribution in [3.05, 3.63) is 54.1 Å². The van der Waals surface area contributed by atoms with Gasteiger partial charge in [-0.2, -0.15) is 11.8 Å². The Kier molecular flexibility index (Phi) is 7.77. The monoisotopic (exact) mass is 444 g/mol. The minimum Gasteiger partial charge on any atom is -0.454 e. The van der Waals surface area contributed by atoms with Crippen molar-refractivity contribution in [2.24, 2.45) is 0 Å². The largest absolute Gasteiger partial charge is 0.454 e. The quantitative estimate of drug-likeness (QED) is 0.573. The Morgan fingerprint density at radius 1 is 1.10 bits per heavy atom. The fourth-order valence-corrected chi connectivity index (χ4v) is 3.32. The standard InChI is InChI=1S/C22H24N2O6S/c1-14(20(25)23-16-8-9-18-19(12-16)29-13-28-18)30-22(27)17(10-11-31-2)24-21(26)15-6-4-3-5-7-15/h3-9,12,14,17H,10-11,13H2,1-2H3,(H,23,25)(H,24,26). The molecular weight excluding hydrogens is 420 g/mol. The molecule has 3 rings (SSSR count). The molecule has 8 nitrogen and oxygen atoms in total. The van der Waals surface area contributed by atoms with Crippen LogP contribution in [0, 0.1) is 0 Å². The molecule has 31 heavy (non-hydrogen) atoms. The van der Waals surface area contributed by atoms with Gasteiger partial charge < -0.3 is 24.8 Å². The molecule has 2 aromatic carbocycles. The van der Waals surface area contributed by atoms with Gasteiger partial charge in [0.1, 0.15) is 6.04 Å². The van der Waals surface area contributed by atoms with Crippen molar-refractivity contribution < 1.29 is 28.6 Å². The molecule has 0 fully saturated rings. The second kappa shape index (κ2) is 10.7. The minimum absolute atomic E-state index is 0.132. The molecule has 0 aromatic heterocycles. The number of nitrogens with one attached hydrogen (secondary N) is 2. The lowest BCUT2D eigenvalue weighted by Crippen LogP contribution is -2.44. The third-order valence-corrected chi connectivity index (χ3v) is 5.18. The van der Waals surface area contributed by atoms with E-state index in [4.69, 9.17) is 14.2 Å². The van der Waals surface area contributed by atoms with Crippen LogP contribution >= 0.6 is 11.8 Å². The first-order valence-electron chi connectivity index (χ1n) is 9.74. The fourth-order valence-electron chi connectivity index (χ4n) is 2.84. The van der Waals surface area contributed by atoms with Crippen LogP contribution in [0.2, 0.25) is 0 Å². The van der Waals surface area contributed by atoms with Crippen LogP contribution < -0.4 is 20.1 Å². The van der Waals surface area contributed by atoms with E-state index >= 15 is 0 Å². The smallest absolute Gasteiger partial charge is 0.329 e. The van der Waals surface area contributed by atoms with E-state index in [1.807, 2.05) is 6.26 Å². The Balaban J connectivity index is 1.58. The van der Waals surface area contributed by atoms with E-state index in [1.165, 1.54) is 6.92 Å². The van der Waals surface area contributed by atoms with E-state index < -0.39 is 24.0 Å². The molecule has 1 heterocycles. The summed E-state index contributed by atoms with van der Waals surface area (Å²) in [4.78, 5) is 37.6. The molecule has 0 radical (unpaired) electrons. The summed E-state index contributed by atoms with van der Waals surface area (Å²) >= 11 is 1.55. The maximum Gasteiger partial charge on any atom is 0.329 e. The van der Waals surface area contributed by atoms with Gasteiger partial charge in [0.25, 0.3) is 11.8 Å². The summed E-state index contributed by atoms with van der Waals surface area (Å²) in [6.45, 7) is 1.61. The summed E-state index contributed by atoms with van der Waals surface area (Å²) in [5, 5.41) is 5.38. The Morgan fingerprint density at radius 2 is 1.84 bits per heavy atom. The molecule has 0 spiro atoms. The number of hydrogen-bond acceptors (Lipinski definition) is 7. The highest BCUT2D eigenvalue weighted by atomic mass is 32.2. The van der Waals surface area contributed by atoms with Gasteiger partial charge in [0.15, 0.2) is 17.6 Å². The number of carbonyl (C=O) groups excluding carboxylic acids is 3. The van der Waals surface area contributed by atoms with Gasteiger partial charge in [-0.25, -0.2) is 4.79 Å². The van der Waals surface area contributed by atoms with E-state index in [-0.39, 0.29) is 12.7 Å². The summed E-state index contributed by atoms with van der Waals surface area (Å²) in [5.41, 5.74) is 0.937. The van der Waals surface area contributed by atoms with Gasteiger partial charge >= 0.3 is 5.97 Å². The van der Waals surface area contributed by atoms with Crippen LogP contribution in [0.15, 0.2) is 48.5 Å². The number of rotatable bonds is 9. The highest BCUT2D eigenvalue weighted by molar-refractivity contribution is 7.98. The Bertz CT molecular complexity index is 937. The summed E-state index contributed by atoms with van der Waals surface area (Å²) < 4.78 is 15.9. The van der Waals surface area contributed by atoms with Crippen LogP contribution in [0.3, 0.4) is 0 Å². The zero-order valence-corrected chi connectivity index (χ0v) is 18.1. The predicted octanol–water partition coefficient (Wildman–Crippen LogP) is 2.84. The molecule has 2 N–H and O–H groups in total. The maximum atomic E-state index is 12.7. The van der Waals surface area contributed by atoms with E-state index in [9.17, 15) is 14.4 Å². The van der Waals surface area contributed by atoms with Crippen molar-refractivity contribution in [1.29, 1.82) is 0 Å². The van der Waals surface area contributed by atoms with Crippen LogP contribution in [-0.4, -0.2) is 48.7 Å². The first-order valence-corrected chi connectivity index (χ1v) is 11.1. The van der Waals surface area contributed by atoms with Gasteiger partial charge in [-0.1, -0.05) is 18.2 Å². The number of hydrogen-bond donors (Lipinski definition) is 2. The minimum atomic E-state index is -1.05.